The SMILES string of the molecule is NCC1(C(=O)NC2COc3ccccc32)CCCCC1. The second kappa shape index (κ2) is 5.44. The van der Waals surface area contributed by atoms with Crippen molar-refractivity contribution in [2.24, 2.45) is 11.1 Å². The van der Waals surface area contributed by atoms with Gasteiger partial charge >= 0.3 is 0 Å². The zero-order valence-electron chi connectivity index (χ0n) is 11.7. The number of benzene rings is 1. The summed E-state index contributed by atoms with van der Waals surface area (Å²) in [6.45, 7) is 0.958. The molecule has 1 heterocycles. The molecule has 1 aliphatic heterocycles. The van der Waals surface area contributed by atoms with Gasteiger partial charge in [0.15, 0.2) is 0 Å². The molecule has 3 rings (SSSR count). The van der Waals surface area contributed by atoms with Gasteiger partial charge in [-0.15, -0.1) is 0 Å². The van der Waals surface area contributed by atoms with Crippen molar-refractivity contribution in [1.82, 2.24) is 5.32 Å². The number of ether oxygens (including phenoxy) is 1. The van der Waals surface area contributed by atoms with E-state index in [2.05, 4.69) is 5.32 Å². The topological polar surface area (TPSA) is 64.4 Å². The van der Waals surface area contributed by atoms with Gasteiger partial charge in [0.1, 0.15) is 12.4 Å². The summed E-state index contributed by atoms with van der Waals surface area (Å²) in [6.07, 6.45) is 5.23. The quantitative estimate of drug-likeness (QED) is 0.887. The summed E-state index contributed by atoms with van der Waals surface area (Å²) in [5.41, 5.74) is 6.62. The van der Waals surface area contributed by atoms with E-state index < -0.39 is 0 Å². The van der Waals surface area contributed by atoms with Gasteiger partial charge in [-0.2, -0.15) is 0 Å². The Bertz CT molecular complexity index is 495. The summed E-state index contributed by atoms with van der Waals surface area (Å²) >= 11 is 0. The number of carbonyl (C=O) groups is 1. The van der Waals surface area contributed by atoms with Gasteiger partial charge in [0.2, 0.25) is 5.91 Å². The molecule has 1 atom stereocenters. The van der Waals surface area contributed by atoms with Crippen molar-refractivity contribution in [2.45, 2.75) is 38.1 Å². The third-order valence-electron chi connectivity index (χ3n) is 4.69. The summed E-state index contributed by atoms with van der Waals surface area (Å²) in [7, 11) is 0. The monoisotopic (exact) mass is 274 g/mol. The molecule has 0 radical (unpaired) electrons. The Kier molecular flexibility index (Phi) is 3.66. The molecule has 3 N–H and O–H groups in total. The van der Waals surface area contributed by atoms with Gasteiger partial charge in [-0.1, -0.05) is 37.5 Å². The van der Waals surface area contributed by atoms with Crippen molar-refractivity contribution in [1.29, 1.82) is 0 Å². The van der Waals surface area contributed by atoms with E-state index in [4.69, 9.17) is 10.5 Å². The molecule has 1 aromatic rings. The molecule has 1 saturated carbocycles. The van der Waals surface area contributed by atoms with E-state index in [0.717, 1.165) is 37.0 Å². The van der Waals surface area contributed by atoms with Gasteiger partial charge in [0.25, 0.3) is 0 Å². The lowest BCUT2D eigenvalue weighted by atomic mass is 9.73. The van der Waals surface area contributed by atoms with E-state index >= 15 is 0 Å². The van der Waals surface area contributed by atoms with E-state index in [0.29, 0.717) is 13.2 Å². The molecule has 2 aliphatic rings. The molecule has 1 fully saturated rings. The Morgan fingerprint density at radius 3 is 2.80 bits per heavy atom. The van der Waals surface area contributed by atoms with Gasteiger partial charge in [-0.25, -0.2) is 0 Å². The first-order valence-electron chi connectivity index (χ1n) is 7.48. The van der Waals surface area contributed by atoms with Gasteiger partial charge in [0.05, 0.1) is 11.5 Å². The highest BCUT2D eigenvalue weighted by molar-refractivity contribution is 5.83. The average molecular weight is 274 g/mol. The maximum atomic E-state index is 12.7. The minimum Gasteiger partial charge on any atom is -0.491 e. The molecule has 0 bridgehead atoms. The van der Waals surface area contributed by atoms with Crippen molar-refractivity contribution in [3.8, 4) is 5.75 Å². The van der Waals surface area contributed by atoms with Crippen LogP contribution >= 0.6 is 0 Å². The van der Waals surface area contributed by atoms with E-state index in [-0.39, 0.29) is 17.4 Å². The standard InChI is InChI=1S/C16H22N2O2/c17-11-16(8-4-1-5-9-16)15(19)18-13-10-20-14-7-3-2-6-12(13)14/h2-3,6-7,13H,1,4-5,8-11,17H2,(H,18,19). The summed E-state index contributed by atoms with van der Waals surface area (Å²) in [6, 6.07) is 7.85. The molecular formula is C16H22N2O2. The zero-order valence-corrected chi connectivity index (χ0v) is 11.7. The maximum Gasteiger partial charge on any atom is 0.228 e. The Balaban J connectivity index is 1.73. The number of rotatable bonds is 3. The normalized spacial score (nSPS) is 23.8. The molecule has 1 aromatic carbocycles. The second-order valence-electron chi connectivity index (χ2n) is 5.92. The minimum absolute atomic E-state index is 0.0379. The number of hydrogen-bond acceptors (Lipinski definition) is 3. The molecule has 1 aliphatic carbocycles. The molecule has 0 spiro atoms. The maximum absolute atomic E-state index is 12.7. The van der Waals surface area contributed by atoms with E-state index in [1.165, 1.54) is 6.42 Å². The highest BCUT2D eigenvalue weighted by Crippen LogP contribution is 2.37. The lowest BCUT2D eigenvalue weighted by Crippen LogP contribution is -2.48. The van der Waals surface area contributed by atoms with Crippen LogP contribution in [0, 0.1) is 5.41 Å². The first-order chi connectivity index (χ1) is 9.75. The number of para-hydroxylation sites is 1. The van der Waals surface area contributed by atoms with Crippen LogP contribution in [0.15, 0.2) is 24.3 Å². The lowest BCUT2D eigenvalue weighted by molar-refractivity contribution is -0.133. The molecular weight excluding hydrogens is 252 g/mol. The van der Waals surface area contributed by atoms with Crippen LogP contribution < -0.4 is 15.8 Å². The Hall–Kier alpha value is -1.55. The van der Waals surface area contributed by atoms with Crippen molar-refractivity contribution in [3.05, 3.63) is 29.8 Å². The van der Waals surface area contributed by atoms with Crippen LogP contribution in [-0.2, 0) is 4.79 Å². The fraction of sp³-hybridized carbons (Fsp3) is 0.562. The Labute approximate surface area is 119 Å². The third-order valence-corrected chi connectivity index (χ3v) is 4.69. The number of fused-ring (bicyclic) bond motifs is 1. The third kappa shape index (κ3) is 2.29. The molecule has 0 saturated heterocycles. The van der Waals surface area contributed by atoms with Crippen LogP contribution in [0.3, 0.4) is 0 Å². The van der Waals surface area contributed by atoms with Crippen molar-refractivity contribution < 1.29 is 9.53 Å². The molecule has 4 nitrogen and oxygen atoms in total. The van der Waals surface area contributed by atoms with Crippen LogP contribution in [0.25, 0.3) is 0 Å². The average Bonchev–Trinajstić information content (AvgIpc) is 2.91. The zero-order chi connectivity index (χ0) is 14.0. The Morgan fingerprint density at radius 2 is 2.05 bits per heavy atom. The van der Waals surface area contributed by atoms with E-state index in [1.807, 2.05) is 24.3 Å². The second-order valence-corrected chi connectivity index (χ2v) is 5.92. The van der Waals surface area contributed by atoms with Crippen LogP contribution in [0.2, 0.25) is 0 Å². The first-order valence-corrected chi connectivity index (χ1v) is 7.48. The smallest absolute Gasteiger partial charge is 0.228 e. The number of nitrogens with one attached hydrogen (secondary N) is 1. The predicted octanol–water partition coefficient (Wildman–Crippen LogP) is 2.15. The highest BCUT2D eigenvalue weighted by atomic mass is 16.5. The number of carbonyl (C=O) groups excluding carboxylic acids is 1. The number of amides is 1. The number of nitrogens with two attached hydrogens (primary N) is 1. The lowest BCUT2D eigenvalue weighted by Gasteiger charge is -2.35. The Morgan fingerprint density at radius 1 is 1.30 bits per heavy atom. The molecule has 108 valence electrons. The summed E-state index contributed by atoms with van der Waals surface area (Å²) < 4.78 is 5.62. The van der Waals surface area contributed by atoms with Gasteiger partial charge in [-0.3, -0.25) is 4.79 Å². The summed E-state index contributed by atoms with van der Waals surface area (Å²) in [5, 5.41) is 3.15. The van der Waals surface area contributed by atoms with Gasteiger partial charge < -0.3 is 15.8 Å². The van der Waals surface area contributed by atoms with Gasteiger partial charge in [-0.05, 0) is 18.9 Å². The van der Waals surface area contributed by atoms with Crippen LogP contribution in [0.5, 0.6) is 5.75 Å². The van der Waals surface area contributed by atoms with Crippen molar-refractivity contribution in [2.75, 3.05) is 13.2 Å². The van der Waals surface area contributed by atoms with Crippen molar-refractivity contribution in [3.63, 3.8) is 0 Å². The van der Waals surface area contributed by atoms with E-state index in [9.17, 15) is 4.79 Å². The highest BCUT2D eigenvalue weighted by Gasteiger charge is 2.40. The molecule has 20 heavy (non-hydrogen) atoms. The largest absolute Gasteiger partial charge is 0.491 e. The fourth-order valence-corrected chi connectivity index (χ4v) is 3.35. The minimum atomic E-state index is -0.365. The first kappa shape index (κ1) is 13.4. The molecule has 1 unspecified atom stereocenters. The molecule has 0 aromatic heterocycles. The van der Waals surface area contributed by atoms with Gasteiger partial charge in [0, 0.05) is 12.1 Å². The molecule has 1 amide bonds. The van der Waals surface area contributed by atoms with Crippen LogP contribution in [0.1, 0.15) is 43.7 Å². The van der Waals surface area contributed by atoms with Crippen molar-refractivity contribution >= 4 is 5.91 Å². The predicted molar refractivity (Wildman–Crippen MR) is 77.4 cm³/mol. The molecule has 4 heteroatoms. The van der Waals surface area contributed by atoms with Crippen LogP contribution in [-0.4, -0.2) is 19.1 Å². The van der Waals surface area contributed by atoms with E-state index in [1.54, 1.807) is 0 Å². The van der Waals surface area contributed by atoms with Crippen LogP contribution in [0.4, 0.5) is 0 Å². The number of hydrogen-bond donors (Lipinski definition) is 2. The summed E-state index contributed by atoms with van der Waals surface area (Å²) in [5.74, 6) is 0.980. The summed E-state index contributed by atoms with van der Waals surface area (Å²) in [4.78, 5) is 12.7. The fourth-order valence-electron chi connectivity index (χ4n) is 3.35.